The van der Waals surface area contributed by atoms with Crippen LogP contribution in [0, 0.1) is 5.82 Å². The van der Waals surface area contributed by atoms with Crippen LogP contribution in [0.2, 0.25) is 10.0 Å². The molecule has 0 bridgehead atoms. The van der Waals surface area contributed by atoms with Gasteiger partial charge >= 0.3 is 0 Å². The number of nitrogens with zero attached hydrogens (tertiary/aromatic N) is 2. The maximum Gasteiger partial charge on any atom is 0.290 e. The fourth-order valence-electron chi connectivity index (χ4n) is 4.55. The third kappa shape index (κ3) is 6.01. The molecule has 1 saturated carbocycles. The number of halogens is 3. The summed E-state index contributed by atoms with van der Waals surface area (Å²) in [7, 11) is 0. The van der Waals surface area contributed by atoms with E-state index in [9.17, 15) is 9.18 Å². The highest BCUT2D eigenvalue weighted by molar-refractivity contribution is 6.34. The van der Waals surface area contributed by atoms with Crippen LogP contribution in [0.25, 0.3) is 0 Å². The van der Waals surface area contributed by atoms with Gasteiger partial charge in [0, 0.05) is 42.8 Å². The molecule has 2 saturated heterocycles. The Bertz CT molecular complexity index is 1030. The summed E-state index contributed by atoms with van der Waals surface area (Å²) >= 11 is 12.1. The van der Waals surface area contributed by atoms with Crippen molar-refractivity contribution in [3.63, 3.8) is 0 Å². The first-order valence-electron chi connectivity index (χ1n) is 11.4. The van der Waals surface area contributed by atoms with E-state index in [1.54, 1.807) is 29.2 Å². The van der Waals surface area contributed by atoms with Gasteiger partial charge in [0.15, 0.2) is 0 Å². The van der Waals surface area contributed by atoms with Crippen LogP contribution >= 0.6 is 23.2 Å². The van der Waals surface area contributed by atoms with Gasteiger partial charge in [-0.1, -0.05) is 23.2 Å². The summed E-state index contributed by atoms with van der Waals surface area (Å²) in [5.41, 5.74) is 2.35. The van der Waals surface area contributed by atoms with Gasteiger partial charge in [-0.2, -0.15) is 0 Å². The molecule has 0 radical (unpaired) electrons. The van der Waals surface area contributed by atoms with Crippen molar-refractivity contribution < 1.29 is 23.8 Å². The van der Waals surface area contributed by atoms with Crippen LogP contribution < -0.4 is 4.74 Å². The molecule has 2 aromatic rings. The lowest BCUT2D eigenvalue weighted by atomic mass is 9.97. The number of likely N-dealkylation sites (tertiary alicyclic amines) is 2. The predicted molar refractivity (Wildman–Crippen MR) is 128 cm³/mol. The summed E-state index contributed by atoms with van der Waals surface area (Å²) < 4.78 is 20.9. The van der Waals surface area contributed by atoms with E-state index in [0.717, 1.165) is 63.0 Å². The third-order valence-corrected chi connectivity index (χ3v) is 6.76. The Balaban J connectivity index is 0.000000868. The van der Waals surface area contributed by atoms with E-state index in [2.05, 4.69) is 4.90 Å². The van der Waals surface area contributed by atoms with Gasteiger partial charge in [0.05, 0.1) is 5.56 Å². The van der Waals surface area contributed by atoms with E-state index >= 15 is 0 Å². The first-order valence-corrected chi connectivity index (χ1v) is 12.2. The molecule has 34 heavy (non-hydrogen) atoms. The number of amides is 1. The predicted octanol–water partition coefficient (Wildman–Crippen LogP) is 5.21. The number of ether oxygens (including phenoxy) is 1. The molecule has 5 rings (SSSR count). The molecule has 6 nitrogen and oxygen atoms in total. The number of hydrogen-bond donors (Lipinski definition) is 1. The second kappa shape index (κ2) is 10.9. The Morgan fingerprint density at radius 3 is 2.29 bits per heavy atom. The molecule has 1 amide bonds. The summed E-state index contributed by atoms with van der Waals surface area (Å²) in [5, 5.41) is 7.98. The second-order valence-corrected chi connectivity index (χ2v) is 9.82. The molecule has 0 unspecified atom stereocenters. The molecule has 0 aromatic heterocycles. The topological polar surface area (TPSA) is 70.1 Å². The lowest BCUT2D eigenvalue weighted by Gasteiger charge is -2.39. The Kier molecular flexibility index (Phi) is 7.96. The molecule has 2 aromatic carbocycles. The summed E-state index contributed by atoms with van der Waals surface area (Å²) in [6, 6.07) is 8.60. The van der Waals surface area contributed by atoms with Crippen molar-refractivity contribution in [1.29, 1.82) is 0 Å². The zero-order valence-corrected chi connectivity index (χ0v) is 20.2. The number of rotatable bonds is 6. The van der Waals surface area contributed by atoms with E-state index in [1.807, 2.05) is 6.07 Å². The molecule has 0 atom stereocenters. The minimum Gasteiger partial charge on any atom is -0.488 e. The van der Waals surface area contributed by atoms with Gasteiger partial charge in [0.1, 0.15) is 17.7 Å². The van der Waals surface area contributed by atoms with Gasteiger partial charge in [-0.25, -0.2) is 4.39 Å². The van der Waals surface area contributed by atoms with Crippen LogP contribution in [0.15, 0.2) is 30.3 Å². The molecule has 3 fully saturated rings. The van der Waals surface area contributed by atoms with Crippen LogP contribution in [0.3, 0.4) is 0 Å². The minimum absolute atomic E-state index is 0.0553. The molecule has 2 heterocycles. The van der Waals surface area contributed by atoms with Crippen molar-refractivity contribution in [2.75, 3.05) is 26.2 Å². The van der Waals surface area contributed by atoms with Crippen molar-refractivity contribution in [3.05, 3.63) is 62.9 Å². The number of carbonyl (C=O) groups is 2. The Hall–Kier alpha value is -2.35. The van der Waals surface area contributed by atoms with Crippen LogP contribution in [0.5, 0.6) is 5.75 Å². The van der Waals surface area contributed by atoms with Crippen molar-refractivity contribution in [3.8, 4) is 5.75 Å². The molecule has 9 heteroatoms. The average Bonchev–Trinajstić information content (AvgIpc) is 3.44. The summed E-state index contributed by atoms with van der Waals surface area (Å²) in [6.45, 7) is 3.38. The largest absolute Gasteiger partial charge is 0.488 e. The molecule has 182 valence electrons. The van der Waals surface area contributed by atoms with Gasteiger partial charge in [-0.05, 0) is 73.1 Å². The van der Waals surface area contributed by atoms with Crippen LogP contribution in [-0.4, -0.2) is 59.6 Å². The standard InChI is InChI=1S/C24H25Cl2FN2O2.CH2O2/c25-17-8-18(26)10-19(9-17)31-20-13-28(14-20)12-16-7-23(27)22(11-21(16)15-3-4-15)24(30)29-5-1-2-6-29;2-1-3/h7-11,15,20H,1-6,12-14H2;1H,(H,2,3). The molecule has 1 N–H and O–H groups in total. The fourth-order valence-corrected chi connectivity index (χ4v) is 5.06. The van der Waals surface area contributed by atoms with Crippen LogP contribution in [0.4, 0.5) is 4.39 Å². The lowest BCUT2D eigenvalue weighted by molar-refractivity contribution is -0.122. The lowest BCUT2D eigenvalue weighted by Crippen LogP contribution is -2.53. The third-order valence-electron chi connectivity index (χ3n) is 6.33. The monoisotopic (exact) mass is 508 g/mol. The summed E-state index contributed by atoms with van der Waals surface area (Å²) in [5.74, 6) is 0.540. The van der Waals surface area contributed by atoms with Gasteiger partial charge in [0.25, 0.3) is 12.4 Å². The van der Waals surface area contributed by atoms with Crippen molar-refractivity contribution in [2.45, 2.75) is 44.2 Å². The first-order chi connectivity index (χ1) is 16.4. The summed E-state index contributed by atoms with van der Waals surface area (Å²) in [6.07, 6.45) is 4.27. The molecule has 3 aliphatic rings. The molecular formula is C25H27Cl2FN2O4. The normalized spacial score (nSPS) is 18.1. The smallest absolute Gasteiger partial charge is 0.290 e. The fraction of sp³-hybridized carbons (Fsp3) is 0.440. The molecule has 2 aliphatic heterocycles. The maximum atomic E-state index is 14.9. The SMILES string of the molecule is O=C(c1cc(C2CC2)c(CN2CC(Oc3cc(Cl)cc(Cl)c3)C2)cc1F)N1CCCC1.O=CO. The van der Waals surface area contributed by atoms with E-state index in [-0.39, 0.29) is 24.0 Å². The number of carboxylic acid groups (broad SMARTS) is 1. The zero-order chi connectivity index (χ0) is 24.2. The van der Waals surface area contributed by atoms with Crippen molar-refractivity contribution >= 4 is 35.6 Å². The highest BCUT2D eigenvalue weighted by atomic mass is 35.5. The van der Waals surface area contributed by atoms with Gasteiger partial charge < -0.3 is 14.7 Å². The van der Waals surface area contributed by atoms with Gasteiger partial charge in [-0.15, -0.1) is 0 Å². The van der Waals surface area contributed by atoms with Crippen molar-refractivity contribution in [1.82, 2.24) is 9.80 Å². The molecule has 1 aliphatic carbocycles. The Labute approximate surface area is 208 Å². The quantitative estimate of drug-likeness (QED) is 0.542. The second-order valence-electron chi connectivity index (χ2n) is 8.95. The van der Waals surface area contributed by atoms with Crippen molar-refractivity contribution in [2.24, 2.45) is 0 Å². The van der Waals surface area contributed by atoms with E-state index in [1.165, 1.54) is 0 Å². The van der Waals surface area contributed by atoms with Gasteiger partial charge in [0.2, 0.25) is 0 Å². The number of hydrogen-bond acceptors (Lipinski definition) is 4. The maximum absolute atomic E-state index is 14.9. The van der Waals surface area contributed by atoms with Crippen LogP contribution in [-0.2, 0) is 11.3 Å². The van der Waals surface area contributed by atoms with Crippen LogP contribution in [0.1, 0.15) is 53.1 Å². The van der Waals surface area contributed by atoms with E-state index in [0.29, 0.717) is 28.3 Å². The van der Waals surface area contributed by atoms with E-state index < -0.39 is 5.82 Å². The minimum atomic E-state index is -0.404. The molecular weight excluding hydrogens is 482 g/mol. The highest BCUT2D eigenvalue weighted by Crippen LogP contribution is 2.43. The van der Waals surface area contributed by atoms with E-state index in [4.69, 9.17) is 37.8 Å². The number of carbonyl (C=O) groups excluding carboxylic acids is 1. The highest BCUT2D eigenvalue weighted by Gasteiger charge is 2.33. The Morgan fingerprint density at radius 1 is 1.09 bits per heavy atom. The zero-order valence-electron chi connectivity index (χ0n) is 18.7. The molecule has 0 spiro atoms. The first kappa shape index (κ1) is 24.8. The summed E-state index contributed by atoms with van der Waals surface area (Å²) in [4.78, 5) is 25.1. The average molecular weight is 509 g/mol. The Morgan fingerprint density at radius 2 is 1.71 bits per heavy atom. The van der Waals surface area contributed by atoms with Gasteiger partial charge in [-0.3, -0.25) is 14.5 Å². The number of benzene rings is 2.